The minimum Gasteiger partial charge on any atom is -0.382 e. The first-order valence-corrected chi connectivity index (χ1v) is 8.05. The van der Waals surface area contributed by atoms with Crippen molar-refractivity contribution in [1.29, 1.82) is 0 Å². The summed E-state index contributed by atoms with van der Waals surface area (Å²) in [6.07, 6.45) is 11.4. The number of fused-ring (bicyclic) bond motifs is 1. The van der Waals surface area contributed by atoms with E-state index in [0.717, 1.165) is 11.4 Å². The first kappa shape index (κ1) is 13.5. The standard InChI is InChI=1S/C17H25N3/c1-2-4-13-5-3-6-15(9-7-13)19-16-10-8-14-12-18-20-17(14)11-16/h8,10-13,15,19H,2-7,9H2,1H3,(H,18,20). The summed E-state index contributed by atoms with van der Waals surface area (Å²) in [6.45, 7) is 2.31. The van der Waals surface area contributed by atoms with E-state index in [9.17, 15) is 0 Å². The zero-order valence-corrected chi connectivity index (χ0v) is 12.4. The van der Waals surface area contributed by atoms with Gasteiger partial charge in [0.05, 0.1) is 11.7 Å². The highest BCUT2D eigenvalue weighted by Gasteiger charge is 2.18. The topological polar surface area (TPSA) is 40.7 Å². The third-order valence-corrected chi connectivity index (χ3v) is 4.60. The summed E-state index contributed by atoms with van der Waals surface area (Å²) >= 11 is 0. The van der Waals surface area contributed by atoms with Gasteiger partial charge in [-0.1, -0.05) is 32.6 Å². The van der Waals surface area contributed by atoms with Gasteiger partial charge in [-0.2, -0.15) is 5.10 Å². The number of rotatable bonds is 4. The largest absolute Gasteiger partial charge is 0.382 e. The van der Waals surface area contributed by atoms with Crippen LogP contribution in [0.2, 0.25) is 0 Å². The van der Waals surface area contributed by atoms with Gasteiger partial charge in [0.1, 0.15) is 0 Å². The lowest BCUT2D eigenvalue weighted by atomic mass is 9.95. The molecule has 1 heterocycles. The van der Waals surface area contributed by atoms with Crippen molar-refractivity contribution in [3.8, 4) is 0 Å². The first-order chi connectivity index (χ1) is 9.85. The van der Waals surface area contributed by atoms with Gasteiger partial charge in [-0.3, -0.25) is 5.10 Å². The van der Waals surface area contributed by atoms with Gasteiger partial charge in [-0.05, 0) is 43.4 Å². The first-order valence-electron chi connectivity index (χ1n) is 8.05. The van der Waals surface area contributed by atoms with Crippen LogP contribution < -0.4 is 5.32 Å². The molecule has 0 saturated heterocycles. The lowest BCUT2D eigenvalue weighted by molar-refractivity contribution is 0.422. The molecule has 0 radical (unpaired) electrons. The molecule has 2 N–H and O–H groups in total. The molecular weight excluding hydrogens is 246 g/mol. The quantitative estimate of drug-likeness (QED) is 0.790. The maximum absolute atomic E-state index is 4.08. The lowest BCUT2D eigenvalue weighted by Gasteiger charge is -2.18. The Morgan fingerprint density at radius 2 is 2.20 bits per heavy atom. The molecule has 1 aromatic heterocycles. The Kier molecular flexibility index (Phi) is 4.24. The van der Waals surface area contributed by atoms with E-state index in [1.165, 1.54) is 56.0 Å². The van der Waals surface area contributed by atoms with Crippen molar-refractivity contribution in [2.24, 2.45) is 5.92 Å². The Balaban J connectivity index is 1.62. The van der Waals surface area contributed by atoms with Crippen molar-refractivity contribution < 1.29 is 0 Å². The predicted octanol–water partition coefficient (Wildman–Crippen LogP) is 4.72. The van der Waals surface area contributed by atoms with E-state index in [0.29, 0.717) is 6.04 Å². The highest BCUT2D eigenvalue weighted by Crippen LogP contribution is 2.28. The van der Waals surface area contributed by atoms with Gasteiger partial charge >= 0.3 is 0 Å². The minimum atomic E-state index is 0.636. The molecular formula is C17H25N3. The maximum atomic E-state index is 4.08. The predicted molar refractivity (Wildman–Crippen MR) is 85.0 cm³/mol. The van der Waals surface area contributed by atoms with Crippen molar-refractivity contribution in [1.82, 2.24) is 10.2 Å². The normalized spacial score (nSPS) is 23.6. The third-order valence-electron chi connectivity index (χ3n) is 4.60. The average molecular weight is 271 g/mol. The maximum Gasteiger partial charge on any atom is 0.0670 e. The van der Waals surface area contributed by atoms with Crippen LogP contribution >= 0.6 is 0 Å². The Bertz CT molecular complexity index is 546. The molecule has 2 atom stereocenters. The van der Waals surface area contributed by atoms with Crippen LogP contribution in [-0.4, -0.2) is 16.2 Å². The van der Waals surface area contributed by atoms with E-state index >= 15 is 0 Å². The highest BCUT2D eigenvalue weighted by molar-refractivity contribution is 5.81. The van der Waals surface area contributed by atoms with Crippen molar-refractivity contribution >= 4 is 16.6 Å². The van der Waals surface area contributed by atoms with Crippen LogP contribution in [0.1, 0.15) is 51.9 Å². The highest BCUT2D eigenvalue weighted by atomic mass is 15.1. The van der Waals surface area contributed by atoms with Crippen LogP contribution in [0.15, 0.2) is 24.4 Å². The number of nitrogens with one attached hydrogen (secondary N) is 2. The monoisotopic (exact) mass is 271 g/mol. The Morgan fingerprint density at radius 3 is 3.10 bits per heavy atom. The van der Waals surface area contributed by atoms with Crippen LogP contribution in [0, 0.1) is 5.92 Å². The molecule has 1 aromatic carbocycles. The van der Waals surface area contributed by atoms with Crippen molar-refractivity contribution in [2.45, 2.75) is 57.9 Å². The molecule has 108 valence electrons. The number of hydrogen-bond acceptors (Lipinski definition) is 2. The van der Waals surface area contributed by atoms with Gasteiger partial charge in [0.25, 0.3) is 0 Å². The smallest absolute Gasteiger partial charge is 0.0670 e. The zero-order chi connectivity index (χ0) is 13.8. The van der Waals surface area contributed by atoms with Crippen LogP contribution in [0.25, 0.3) is 10.9 Å². The molecule has 0 bridgehead atoms. The second-order valence-electron chi connectivity index (χ2n) is 6.18. The molecule has 1 aliphatic rings. The average Bonchev–Trinajstić information content (AvgIpc) is 2.81. The molecule has 1 fully saturated rings. The molecule has 1 aliphatic carbocycles. The third kappa shape index (κ3) is 3.14. The molecule has 3 nitrogen and oxygen atoms in total. The van der Waals surface area contributed by atoms with Gasteiger partial charge in [-0.15, -0.1) is 0 Å². The van der Waals surface area contributed by atoms with Gasteiger partial charge in [0, 0.05) is 17.1 Å². The van der Waals surface area contributed by atoms with E-state index < -0.39 is 0 Å². The van der Waals surface area contributed by atoms with Crippen LogP contribution in [0.3, 0.4) is 0 Å². The number of benzene rings is 1. The molecule has 2 unspecified atom stereocenters. The SMILES string of the molecule is CCCC1CCCC(Nc2ccc3cn[nH]c3c2)CC1. The van der Waals surface area contributed by atoms with Gasteiger partial charge in [0.15, 0.2) is 0 Å². The van der Waals surface area contributed by atoms with Crippen LogP contribution in [0.4, 0.5) is 5.69 Å². The zero-order valence-electron chi connectivity index (χ0n) is 12.4. The summed E-state index contributed by atoms with van der Waals surface area (Å²) in [6, 6.07) is 7.12. The Labute approximate surface area is 121 Å². The van der Waals surface area contributed by atoms with Crippen molar-refractivity contribution in [2.75, 3.05) is 5.32 Å². The van der Waals surface area contributed by atoms with Crippen molar-refractivity contribution in [3.05, 3.63) is 24.4 Å². The fourth-order valence-corrected chi connectivity index (χ4v) is 3.48. The number of aromatic amines is 1. The van der Waals surface area contributed by atoms with Crippen LogP contribution in [0.5, 0.6) is 0 Å². The fourth-order valence-electron chi connectivity index (χ4n) is 3.48. The molecule has 0 aliphatic heterocycles. The molecule has 0 spiro atoms. The van der Waals surface area contributed by atoms with E-state index in [4.69, 9.17) is 0 Å². The second kappa shape index (κ2) is 6.29. The number of aromatic nitrogens is 2. The molecule has 2 aromatic rings. The minimum absolute atomic E-state index is 0.636. The summed E-state index contributed by atoms with van der Waals surface area (Å²) in [5.74, 6) is 0.960. The Hall–Kier alpha value is -1.51. The number of hydrogen-bond donors (Lipinski definition) is 2. The summed E-state index contributed by atoms with van der Waals surface area (Å²) in [7, 11) is 0. The summed E-state index contributed by atoms with van der Waals surface area (Å²) in [4.78, 5) is 0. The van der Waals surface area contributed by atoms with Gasteiger partial charge in [-0.25, -0.2) is 0 Å². The molecule has 0 amide bonds. The second-order valence-corrected chi connectivity index (χ2v) is 6.18. The summed E-state index contributed by atoms with van der Waals surface area (Å²) < 4.78 is 0. The summed E-state index contributed by atoms with van der Waals surface area (Å²) in [5, 5.41) is 12.0. The number of nitrogens with zero attached hydrogens (tertiary/aromatic N) is 1. The molecule has 3 heteroatoms. The van der Waals surface area contributed by atoms with E-state index in [2.05, 4.69) is 40.6 Å². The number of anilines is 1. The van der Waals surface area contributed by atoms with E-state index in [1.807, 2.05) is 6.20 Å². The summed E-state index contributed by atoms with van der Waals surface area (Å²) in [5.41, 5.74) is 2.34. The molecule has 20 heavy (non-hydrogen) atoms. The number of H-pyrrole nitrogens is 1. The lowest BCUT2D eigenvalue weighted by Crippen LogP contribution is -2.18. The van der Waals surface area contributed by atoms with Crippen molar-refractivity contribution in [3.63, 3.8) is 0 Å². The van der Waals surface area contributed by atoms with Gasteiger partial charge in [0.2, 0.25) is 0 Å². The fraction of sp³-hybridized carbons (Fsp3) is 0.588. The van der Waals surface area contributed by atoms with E-state index in [1.54, 1.807) is 0 Å². The molecule has 3 rings (SSSR count). The Morgan fingerprint density at radius 1 is 1.25 bits per heavy atom. The van der Waals surface area contributed by atoms with Crippen LogP contribution in [-0.2, 0) is 0 Å². The van der Waals surface area contributed by atoms with Gasteiger partial charge < -0.3 is 5.32 Å². The van der Waals surface area contributed by atoms with E-state index in [-0.39, 0.29) is 0 Å². The molecule has 1 saturated carbocycles.